The largest absolute Gasteiger partial charge is 0.368 e. The number of rotatable bonds is 0. The maximum absolute atomic E-state index is 5.98. The second-order valence-corrected chi connectivity index (χ2v) is 3.48. The van der Waals surface area contributed by atoms with Crippen molar-refractivity contribution in [1.29, 1.82) is 0 Å². The van der Waals surface area contributed by atoms with Crippen molar-refractivity contribution in [2.45, 2.75) is 31.7 Å². The van der Waals surface area contributed by atoms with Gasteiger partial charge in [-0.3, -0.25) is 0 Å². The summed E-state index contributed by atoms with van der Waals surface area (Å²) in [5, 5.41) is 0. The van der Waals surface area contributed by atoms with Gasteiger partial charge in [0, 0.05) is 17.8 Å². The fourth-order valence-corrected chi connectivity index (χ4v) is 1.76. The summed E-state index contributed by atoms with van der Waals surface area (Å²) in [6.45, 7) is 0. The van der Waals surface area contributed by atoms with E-state index in [9.17, 15) is 0 Å². The number of nitrogens with zero attached hydrogens (tertiary/aromatic N) is 2. The number of anilines is 1. The molecule has 4 N–H and O–H groups in total. The Labute approximate surface area is 77.4 Å². The maximum atomic E-state index is 5.98. The summed E-state index contributed by atoms with van der Waals surface area (Å²) < 4.78 is 0. The Balaban J connectivity index is 2.42. The molecule has 0 aromatic carbocycles. The van der Waals surface area contributed by atoms with Crippen LogP contribution in [0.3, 0.4) is 0 Å². The first-order valence-corrected chi connectivity index (χ1v) is 4.64. The Kier molecular flexibility index (Phi) is 2.14. The van der Waals surface area contributed by atoms with Crippen LogP contribution in [0.15, 0.2) is 6.20 Å². The summed E-state index contributed by atoms with van der Waals surface area (Å²) in [5.74, 6) is 0.354. The molecule has 0 radical (unpaired) electrons. The quantitative estimate of drug-likeness (QED) is 0.575. The van der Waals surface area contributed by atoms with Gasteiger partial charge < -0.3 is 11.5 Å². The van der Waals surface area contributed by atoms with E-state index in [1.54, 1.807) is 6.20 Å². The third kappa shape index (κ3) is 1.62. The average molecular weight is 178 g/mol. The van der Waals surface area contributed by atoms with Crippen LogP contribution >= 0.6 is 0 Å². The smallest absolute Gasteiger partial charge is 0.220 e. The van der Waals surface area contributed by atoms with Crippen LogP contribution in [0.5, 0.6) is 0 Å². The van der Waals surface area contributed by atoms with Gasteiger partial charge in [-0.05, 0) is 19.3 Å². The van der Waals surface area contributed by atoms with E-state index >= 15 is 0 Å². The topological polar surface area (TPSA) is 77.8 Å². The molecule has 2 rings (SSSR count). The zero-order chi connectivity index (χ0) is 9.26. The van der Waals surface area contributed by atoms with E-state index < -0.39 is 0 Å². The van der Waals surface area contributed by atoms with Crippen LogP contribution in [0.25, 0.3) is 0 Å². The Hall–Kier alpha value is -1.16. The van der Waals surface area contributed by atoms with Gasteiger partial charge in [-0.1, -0.05) is 6.42 Å². The van der Waals surface area contributed by atoms with Crippen LogP contribution in [0.1, 0.15) is 36.6 Å². The van der Waals surface area contributed by atoms with E-state index in [0.717, 1.165) is 36.9 Å². The number of aryl methyl sites for hydroxylation is 1. The first-order chi connectivity index (χ1) is 6.27. The van der Waals surface area contributed by atoms with Crippen molar-refractivity contribution in [3.8, 4) is 0 Å². The summed E-state index contributed by atoms with van der Waals surface area (Å²) in [4.78, 5) is 8.18. The van der Waals surface area contributed by atoms with Crippen molar-refractivity contribution in [2.75, 3.05) is 5.73 Å². The summed E-state index contributed by atoms with van der Waals surface area (Å²) in [5.41, 5.74) is 13.6. The molecule has 4 nitrogen and oxygen atoms in total. The molecule has 0 fully saturated rings. The van der Waals surface area contributed by atoms with E-state index in [1.807, 2.05) is 0 Å². The lowest BCUT2D eigenvalue weighted by atomic mass is 10.1. The minimum Gasteiger partial charge on any atom is -0.368 e. The molecule has 0 spiro atoms. The van der Waals surface area contributed by atoms with Gasteiger partial charge in [0.15, 0.2) is 0 Å². The highest BCUT2D eigenvalue weighted by molar-refractivity contribution is 5.28. The van der Waals surface area contributed by atoms with Crippen molar-refractivity contribution in [3.05, 3.63) is 17.5 Å². The molecule has 13 heavy (non-hydrogen) atoms. The number of aromatic nitrogens is 2. The standard InChI is InChI=1S/C9H14N4/c10-7-3-1-2-4-8-6(7)5-12-9(11)13-8/h5,7H,1-4,10H2,(H2,11,12,13). The predicted octanol–water partition coefficient (Wildman–Crippen LogP) is 0.785. The Bertz CT molecular complexity index is 310. The van der Waals surface area contributed by atoms with Crippen LogP contribution < -0.4 is 11.5 Å². The highest BCUT2D eigenvalue weighted by atomic mass is 15.0. The Morgan fingerprint density at radius 1 is 1.38 bits per heavy atom. The van der Waals surface area contributed by atoms with Gasteiger partial charge in [0.05, 0.1) is 5.69 Å². The predicted molar refractivity (Wildman–Crippen MR) is 50.9 cm³/mol. The van der Waals surface area contributed by atoms with Gasteiger partial charge in [-0.2, -0.15) is 0 Å². The van der Waals surface area contributed by atoms with Crippen LogP contribution in [-0.2, 0) is 6.42 Å². The molecule has 0 bridgehead atoms. The van der Waals surface area contributed by atoms with Crippen LogP contribution in [-0.4, -0.2) is 9.97 Å². The fourth-order valence-electron chi connectivity index (χ4n) is 1.76. The van der Waals surface area contributed by atoms with Gasteiger partial charge in [0.2, 0.25) is 5.95 Å². The number of hydrogen-bond acceptors (Lipinski definition) is 4. The van der Waals surface area contributed by atoms with Gasteiger partial charge in [-0.25, -0.2) is 9.97 Å². The van der Waals surface area contributed by atoms with Crippen molar-refractivity contribution in [3.63, 3.8) is 0 Å². The summed E-state index contributed by atoms with van der Waals surface area (Å²) in [6, 6.07) is 0.0955. The first kappa shape index (κ1) is 8.44. The van der Waals surface area contributed by atoms with Crippen molar-refractivity contribution >= 4 is 5.95 Å². The van der Waals surface area contributed by atoms with Crippen molar-refractivity contribution in [1.82, 2.24) is 9.97 Å². The molecule has 0 amide bonds. The monoisotopic (exact) mass is 178 g/mol. The fraction of sp³-hybridized carbons (Fsp3) is 0.556. The van der Waals surface area contributed by atoms with E-state index in [-0.39, 0.29) is 6.04 Å². The summed E-state index contributed by atoms with van der Waals surface area (Å²) >= 11 is 0. The third-order valence-corrected chi connectivity index (χ3v) is 2.50. The molecule has 1 aliphatic rings. The lowest BCUT2D eigenvalue weighted by Gasteiger charge is -2.10. The normalized spacial score (nSPS) is 22.1. The number of nitrogen functional groups attached to an aromatic ring is 1. The molecular formula is C9H14N4. The van der Waals surface area contributed by atoms with Gasteiger partial charge in [-0.15, -0.1) is 0 Å². The van der Waals surface area contributed by atoms with Crippen LogP contribution in [0.4, 0.5) is 5.95 Å². The molecule has 1 heterocycles. The zero-order valence-electron chi connectivity index (χ0n) is 7.53. The molecule has 0 saturated carbocycles. The zero-order valence-corrected chi connectivity index (χ0v) is 7.53. The van der Waals surface area contributed by atoms with Gasteiger partial charge >= 0.3 is 0 Å². The highest BCUT2D eigenvalue weighted by Gasteiger charge is 2.16. The summed E-state index contributed by atoms with van der Waals surface area (Å²) in [7, 11) is 0. The van der Waals surface area contributed by atoms with E-state index in [4.69, 9.17) is 11.5 Å². The molecule has 1 unspecified atom stereocenters. The molecule has 0 aliphatic heterocycles. The molecule has 70 valence electrons. The minimum absolute atomic E-state index is 0.0955. The van der Waals surface area contributed by atoms with E-state index in [2.05, 4.69) is 9.97 Å². The minimum atomic E-state index is 0.0955. The average Bonchev–Trinajstić information content (AvgIpc) is 2.28. The SMILES string of the molecule is Nc1ncc2c(n1)CCCCC2N. The Morgan fingerprint density at radius 2 is 2.23 bits per heavy atom. The molecule has 1 aliphatic carbocycles. The molecule has 1 aromatic rings. The number of hydrogen-bond donors (Lipinski definition) is 2. The second-order valence-electron chi connectivity index (χ2n) is 3.48. The molecule has 4 heteroatoms. The highest BCUT2D eigenvalue weighted by Crippen LogP contribution is 2.24. The molecule has 1 aromatic heterocycles. The van der Waals surface area contributed by atoms with E-state index in [0.29, 0.717) is 5.95 Å². The van der Waals surface area contributed by atoms with Crippen molar-refractivity contribution < 1.29 is 0 Å². The maximum Gasteiger partial charge on any atom is 0.220 e. The van der Waals surface area contributed by atoms with Crippen LogP contribution in [0, 0.1) is 0 Å². The molecule has 0 saturated heterocycles. The molecule has 1 atom stereocenters. The Morgan fingerprint density at radius 3 is 3.08 bits per heavy atom. The number of nitrogens with two attached hydrogens (primary N) is 2. The molecular weight excluding hydrogens is 164 g/mol. The first-order valence-electron chi connectivity index (χ1n) is 4.64. The van der Waals surface area contributed by atoms with Gasteiger partial charge in [0.25, 0.3) is 0 Å². The van der Waals surface area contributed by atoms with E-state index in [1.165, 1.54) is 0 Å². The van der Waals surface area contributed by atoms with Gasteiger partial charge in [0.1, 0.15) is 0 Å². The lowest BCUT2D eigenvalue weighted by Crippen LogP contribution is -2.12. The summed E-state index contributed by atoms with van der Waals surface area (Å²) in [6.07, 6.45) is 6.10. The van der Waals surface area contributed by atoms with Crippen LogP contribution in [0.2, 0.25) is 0 Å². The second kappa shape index (κ2) is 3.30. The lowest BCUT2D eigenvalue weighted by molar-refractivity contribution is 0.614. The third-order valence-electron chi connectivity index (χ3n) is 2.50. The van der Waals surface area contributed by atoms with Crippen molar-refractivity contribution in [2.24, 2.45) is 5.73 Å². The number of fused-ring (bicyclic) bond motifs is 1.